The Morgan fingerprint density at radius 1 is 1.24 bits per heavy atom. The van der Waals surface area contributed by atoms with Gasteiger partial charge in [-0.25, -0.2) is 0 Å². The fourth-order valence-corrected chi connectivity index (χ4v) is 2.46. The molecular weight excluding hydrogens is 240 g/mol. The van der Waals surface area contributed by atoms with Crippen molar-refractivity contribution < 1.29 is 13.2 Å². The van der Waals surface area contributed by atoms with E-state index < -0.39 is 10.0 Å². The van der Waals surface area contributed by atoms with Crippen LogP contribution in [0.5, 0.6) is 0 Å². The molecule has 1 heterocycles. The summed E-state index contributed by atoms with van der Waals surface area (Å²) in [6.07, 6.45) is 2.94. The average molecular weight is 250 g/mol. The van der Waals surface area contributed by atoms with Crippen LogP contribution in [0.25, 0.3) is 0 Å². The molecule has 0 fully saturated rings. The van der Waals surface area contributed by atoms with Gasteiger partial charge in [-0.15, -0.1) is 0 Å². The van der Waals surface area contributed by atoms with E-state index in [4.69, 9.17) is 0 Å². The molecule has 88 valence electrons. The summed E-state index contributed by atoms with van der Waals surface area (Å²) >= 11 is 0. The molecule has 2 rings (SSSR count). The summed E-state index contributed by atoms with van der Waals surface area (Å²) < 4.78 is 24.9. The summed E-state index contributed by atoms with van der Waals surface area (Å²) in [4.78, 5) is 10.6. The van der Waals surface area contributed by atoms with E-state index >= 15 is 0 Å². The van der Waals surface area contributed by atoms with Crippen molar-refractivity contribution in [3.8, 4) is 0 Å². The van der Waals surface area contributed by atoms with Gasteiger partial charge in [-0.2, -0.15) is 17.6 Å². The summed E-state index contributed by atoms with van der Waals surface area (Å²) in [6.45, 7) is 1.87. The van der Waals surface area contributed by atoms with Gasteiger partial charge in [0.15, 0.2) is 6.29 Å². The lowest BCUT2D eigenvalue weighted by Gasteiger charge is -2.03. The van der Waals surface area contributed by atoms with Crippen LogP contribution in [-0.2, 0) is 10.0 Å². The Kier molecular flexibility index (Phi) is 2.81. The van der Waals surface area contributed by atoms with Crippen LogP contribution in [0.2, 0.25) is 0 Å². The van der Waals surface area contributed by atoms with E-state index in [9.17, 15) is 13.2 Å². The average Bonchev–Trinajstić information content (AvgIpc) is 2.78. The lowest BCUT2D eigenvalue weighted by molar-refractivity contribution is 0.112. The highest BCUT2D eigenvalue weighted by atomic mass is 32.2. The molecule has 2 aromatic rings. The van der Waals surface area contributed by atoms with Crippen molar-refractivity contribution in [2.24, 2.45) is 0 Å². The lowest BCUT2D eigenvalue weighted by atomic mass is 10.2. The van der Waals surface area contributed by atoms with Crippen molar-refractivity contribution in [2.75, 3.05) is 0 Å². The molecule has 17 heavy (non-hydrogen) atoms. The number of hydrogen-bond donors (Lipinski definition) is 0. The molecule has 0 bridgehead atoms. The van der Waals surface area contributed by atoms with Crippen LogP contribution in [0.3, 0.4) is 0 Å². The highest BCUT2D eigenvalue weighted by molar-refractivity contribution is 7.89. The van der Waals surface area contributed by atoms with Gasteiger partial charge in [-0.05, 0) is 19.1 Å². The molecule has 0 radical (unpaired) electrons. The summed E-state index contributed by atoms with van der Waals surface area (Å²) in [7, 11) is -3.70. The topological polar surface area (TPSA) is 69.0 Å². The van der Waals surface area contributed by atoms with Gasteiger partial charge in [0.2, 0.25) is 0 Å². The minimum Gasteiger partial charge on any atom is -0.298 e. The number of aldehydes is 1. The number of nitrogens with zero attached hydrogens (tertiary/aromatic N) is 2. The third-order valence-corrected chi connectivity index (χ3v) is 3.84. The number of carbonyl (C=O) groups is 1. The van der Waals surface area contributed by atoms with Gasteiger partial charge in [0.1, 0.15) is 0 Å². The number of hydrogen-bond acceptors (Lipinski definition) is 4. The number of aryl methyl sites for hydroxylation is 1. The first-order valence-corrected chi connectivity index (χ1v) is 6.30. The minimum atomic E-state index is -3.70. The highest BCUT2D eigenvalue weighted by Gasteiger charge is 2.17. The third-order valence-electron chi connectivity index (χ3n) is 2.28. The highest BCUT2D eigenvalue weighted by Crippen LogP contribution is 2.13. The van der Waals surface area contributed by atoms with Crippen LogP contribution >= 0.6 is 0 Å². The molecule has 6 heteroatoms. The maximum Gasteiger partial charge on any atom is 0.282 e. The van der Waals surface area contributed by atoms with Gasteiger partial charge in [-0.3, -0.25) is 4.79 Å². The molecule has 0 spiro atoms. The summed E-state index contributed by atoms with van der Waals surface area (Å²) in [5.74, 6) is 0. The van der Waals surface area contributed by atoms with Crippen molar-refractivity contribution in [3.05, 3.63) is 47.8 Å². The molecule has 0 unspecified atom stereocenters. The van der Waals surface area contributed by atoms with E-state index in [1.165, 1.54) is 24.5 Å². The van der Waals surface area contributed by atoms with Crippen molar-refractivity contribution >= 4 is 16.3 Å². The number of benzene rings is 1. The van der Waals surface area contributed by atoms with Crippen molar-refractivity contribution in [2.45, 2.75) is 11.8 Å². The van der Waals surface area contributed by atoms with Gasteiger partial charge >= 0.3 is 0 Å². The number of rotatable bonds is 3. The second-order valence-corrected chi connectivity index (χ2v) is 5.38. The van der Waals surface area contributed by atoms with Crippen molar-refractivity contribution in [1.82, 2.24) is 9.19 Å². The van der Waals surface area contributed by atoms with Crippen LogP contribution in [0.1, 0.15) is 15.9 Å². The smallest absolute Gasteiger partial charge is 0.282 e. The van der Waals surface area contributed by atoms with E-state index in [1.54, 1.807) is 12.1 Å². The Bertz CT molecular complexity index is 642. The Labute approximate surface area is 98.7 Å². The van der Waals surface area contributed by atoms with Gasteiger partial charge in [0, 0.05) is 0 Å². The maximum atomic E-state index is 12.1. The molecule has 0 aliphatic carbocycles. The van der Waals surface area contributed by atoms with Crippen LogP contribution in [0, 0.1) is 6.92 Å². The Balaban J connectivity index is 2.49. The molecule has 0 atom stereocenters. The molecule has 0 N–H and O–H groups in total. The Morgan fingerprint density at radius 3 is 2.41 bits per heavy atom. The molecule has 0 amide bonds. The van der Waals surface area contributed by atoms with Crippen LogP contribution in [0.4, 0.5) is 0 Å². The predicted molar refractivity (Wildman–Crippen MR) is 61.4 cm³/mol. The van der Waals surface area contributed by atoms with Gasteiger partial charge in [-0.1, -0.05) is 17.7 Å². The maximum absolute atomic E-state index is 12.1. The van der Waals surface area contributed by atoms with Crippen LogP contribution in [0.15, 0.2) is 41.6 Å². The standard InChI is InChI=1S/C11H10N2O3S/c1-9-2-4-11(5-3-9)17(15,16)13-7-10(8-14)6-12-13/h2-8H,1H3. The SMILES string of the molecule is Cc1ccc(S(=O)(=O)n2cc(C=O)cn2)cc1. The Morgan fingerprint density at radius 2 is 1.88 bits per heavy atom. The summed E-state index contributed by atoms with van der Waals surface area (Å²) in [5, 5.41) is 3.65. The zero-order chi connectivity index (χ0) is 12.5. The lowest BCUT2D eigenvalue weighted by Crippen LogP contribution is -2.13. The first-order valence-electron chi connectivity index (χ1n) is 4.86. The molecule has 0 aliphatic rings. The second-order valence-electron chi connectivity index (χ2n) is 3.58. The summed E-state index contributed by atoms with van der Waals surface area (Å²) in [6, 6.07) is 6.42. The summed E-state index contributed by atoms with van der Waals surface area (Å²) in [5.41, 5.74) is 1.19. The zero-order valence-corrected chi connectivity index (χ0v) is 9.89. The van der Waals surface area contributed by atoms with Crippen LogP contribution in [-0.4, -0.2) is 23.9 Å². The molecule has 5 nitrogen and oxygen atoms in total. The van der Waals surface area contributed by atoms with E-state index in [0.717, 1.165) is 9.65 Å². The monoisotopic (exact) mass is 250 g/mol. The van der Waals surface area contributed by atoms with E-state index in [-0.39, 0.29) is 10.5 Å². The minimum absolute atomic E-state index is 0.142. The van der Waals surface area contributed by atoms with Crippen molar-refractivity contribution in [1.29, 1.82) is 0 Å². The number of aromatic nitrogens is 2. The Hall–Kier alpha value is -1.95. The van der Waals surface area contributed by atoms with E-state index in [0.29, 0.717) is 6.29 Å². The first kappa shape index (κ1) is 11.5. The molecule has 0 saturated heterocycles. The zero-order valence-electron chi connectivity index (χ0n) is 9.07. The fraction of sp³-hybridized carbons (Fsp3) is 0.0909. The molecule has 0 saturated carbocycles. The van der Waals surface area contributed by atoms with Gasteiger partial charge in [0.25, 0.3) is 10.0 Å². The predicted octanol–water partition coefficient (Wildman–Crippen LogP) is 1.24. The van der Waals surface area contributed by atoms with Crippen LogP contribution < -0.4 is 0 Å². The van der Waals surface area contributed by atoms with Gasteiger partial charge in [0.05, 0.1) is 22.9 Å². The fourth-order valence-electron chi connectivity index (χ4n) is 1.33. The molecule has 1 aromatic carbocycles. The second kappa shape index (κ2) is 4.14. The third kappa shape index (κ3) is 2.12. The molecular formula is C11H10N2O3S. The normalized spacial score (nSPS) is 11.4. The molecule has 1 aromatic heterocycles. The van der Waals surface area contributed by atoms with Crippen molar-refractivity contribution in [3.63, 3.8) is 0 Å². The largest absolute Gasteiger partial charge is 0.298 e. The first-order chi connectivity index (χ1) is 8.04. The molecule has 0 aliphatic heterocycles. The van der Waals surface area contributed by atoms with E-state index in [2.05, 4.69) is 5.10 Å². The van der Waals surface area contributed by atoms with E-state index in [1.807, 2.05) is 6.92 Å². The van der Waals surface area contributed by atoms with Gasteiger partial charge < -0.3 is 0 Å². The quantitative estimate of drug-likeness (QED) is 0.768. The number of carbonyl (C=O) groups excluding carboxylic acids is 1.